The van der Waals surface area contributed by atoms with E-state index in [-0.39, 0.29) is 0 Å². The molecule has 0 atom stereocenters. The van der Waals surface area contributed by atoms with Gasteiger partial charge in [-0.25, -0.2) is 9.98 Å². The normalized spacial score (nSPS) is 15.0. The van der Waals surface area contributed by atoms with Gasteiger partial charge in [0, 0.05) is 82.2 Å². The number of pyridine rings is 2. The van der Waals surface area contributed by atoms with Crippen molar-refractivity contribution in [2.45, 2.75) is 13.5 Å². The average molecular weight is 508 g/mol. The molecule has 1 fully saturated rings. The highest BCUT2D eigenvalue weighted by Gasteiger charge is 2.22. The van der Waals surface area contributed by atoms with E-state index in [1.54, 1.807) is 0 Å². The van der Waals surface area contributed by atoms with Crippen molar-refractivity contribution in [1.29, 1.82) is 0 Å². The van der Waals surface area contributed by atoms with E-state index in [0.717, 1.165) is 59.7 Å². The maximum absolute atomic E-state index is 6.34. The molecule has 3 heterocycles. The number of piperazine rings is 1. The Morgan fingerprint density at radius 2 is 1.73 bits per heavy atom. The molecule has 1 aromatic carbocycles. The summed E-state index contributed by atoms with van der Waals surface area (Å²) in [6, 6.07) is 12.2. The number of nitrogens with zero attached hydrogens (tertiary/aromatic N) is 6. The fourth-order valence-electron chi connectivity index (χ4n) is 4.05. The standard InChI is InChI=1S/C25H30BrN7/c1-18-23(33-14-12-32(13-15-33)17-19-8-10-28-11-9-19)22(26)16-29-25(18)30-24(27)20-4-6-21(7-5-20)31(2)3/h4-11,16H,12-15,17H2,1-3H3,(H2,27,29,30). The van der Waals surface area contributed by atoms with E-state index in [4.69, 9.17) is 5.73 Å². The number of anilines is 2. The first-order valence-corrected chi connectivity index (χ1v) is 11.8. The molecule has 33 heavy (non-hydrogen) atoms. The first-order valence-electron chi connectivity index (χ1n) is 11.1. The van der Waals surface area contributed by atoms with Gasteiger partial charge >= 0.3 is 0 Å². The minimum atomic E-state index is 0.464. The summed E-state index contributed by atoms with van der Waals surface area (Å²) in [4.78, 5) is 20.3. The molecule has 2 aromatic heterocycles. The van der Waals surface area contributed by atoms with E-state index in [1.807, 2.05) is 57.0 Å². The second-order valence-corrected chi connectivity index (χ2v) is 9.31. The van der Waals surface area contributed by atoms with Gasteiger partial charge in [-0.15, -0.1) is 0 Å². The summed E-state index contributed by atoms with van der Waals surface area (Å²) < 4.78 is 0.982. The van der Waals surface area contributed by atoms with Gasteiger partial charge in [0.1, 0.15) is 5.84 Å². The Balaban J connectivity index is 1.49. The van der Waals surface area contributed by atoms with E-state index < -0.39 is 0 Å². The van der Waals surface area contributed by atoms with Crippen molar-refractivity contribution in [2.24, 2.45) is 10.7 Å². The third-order valence-electron chi connectivity index (χ3n) is 5.97. The van der Waals surface area contributed by atoms with Crippen LogP contribution in [0.15, 0.2) is 64.5 Å². The number of hydrogen-bond donors (Lipinski definition) is 1. The Labute approximate surface area is 204 Å². The molecule has 0 radical (unpaired) electrons. The van der Waals surface area contributed by atoms with Gasteiger partial charge in [-0.3, -0.25) is 9.88 Å². The van der Waals surface area contributed by atoms with Crippen LogP contribution in [-0.2, 0) is 6.54 Å². The summed E-state index contributed by atoms with van der Waals surface area (Å²) in [6.07, 6.45) is 5.54. The lowest BCUT2D eigenvalue weighted by atomic mass is 10.1. The van der Waals surface area contributed by atoms with Gasteiger partial charge in [0.05, 0.1) is 10.2 Å². The summed E-state index contributed by atoms with van der Waals surface area (Å²) in [5.41, 5.74) is 11.8. The van der Waals surface area contributed by atoms with Gasteiger partial charge < -0.3 is 15.5 Å². The molecule has 0 bridgehead atoms. The van der Waals surface area contributed by atoms with Crippen LogP contribution in [0.3, 0.4) is 0 Å². The number of aromatic nitrogens is 2. The number of aliphatic imine (C=N–C) groups is 1. The van der Waals surface area contributed by atoms with Gasteiger partial charge in [0.2, 0.25) is 0 Å². The minimum absolute atomic E-state index is 0.464. The number of hydrogen-bond acceptors (Lipinski definition) is 6. The van der Waals surface area contributed by atoms with Gasteiger partial charge in [-0.2, -0.15) is 0 Å². The molecule has 3 aromatic rings. The molecule has 172 valence electrons. The number of amidine groups is 1. The third kappa shape index (κ3) is 5.51. The van der Waals surface area contributed by atoms with Crippen LogP contribution in [0, 0.1) is 6.92 Å². The first kappa shape index (κ1) is 23.2. The molecule has 1 saturated heterocycles. The van der Waals surface area contributed by atoms with Gasteiger partial charge in [0.25, 0.3) is 0 Å². The molecule has 0 aliphatic carbocycles. The maximum Gasteiger partial charge on any atom is 0.159 e. The van der Waals surface area contributed by atoms with Crippen molar-refractivity contribution in [3.63, 3.8) is 0 Å². The summed E-state index contributed by atoms with van der Waals surface area (Å²) in [5.74, 6) is 1.12. The zero-order valence-electron chi connectivity index (χ0n) is 19.4. The van der Waals surface area contributed by atoms with Crippen LogP contribution >= 0.6 is 15.9 Å². The smallest absolute Gasteiger partial charge is 0.159 e. The molecule has 1 aliphatic heterocycles. The third-order valence-corrected chi connectivity index (χ3v) is 6.55. The van der Waals surface area contributed by atoms with Crippen LogP contribution in [0.1, 0.15) is 16.7 Å². The molecular weight excluding hydrogens is 478 g/mol. The van der Waals surface area contributed by atoms with Crippen LogP contribution in [0.25, 0.3) is 0 Å². The fraction of sp³-hybridized carbons (Fsp3) is 0.320. The van der Waals surface area contributed by atoms with Crippen molar-refractivity contribution in [3.05, 3.63) is 76.2 Å². The lowest BCUT2D eigenvalue weighted by Gasteiger charge is -2.37. The number of halogens is 1. The van der Waals surface area contributed by atoms with Crippen LogP contribution in [-0.4, -0.2) is 61.0 Å². The van der Waals surface area contributed by atoms with Gasteiger partial charge in [-0.05, 0) is 64.8 Å². The van der Waals surface area contributed by atoms with E-state index in [0.29, 0.717) is 11.7 Å². The molecular formula is C25H30BrN7. The van der Waals surface area contributed by atoms with Crippen molar-refractivity contribution < 1.29 is 0 Å². The summed E-state index contributed by atoms with van der Waals surface area (Å²) in [6.45, 7) is 6.90. The molecule has 4 rings (SSSR count). The second kappa shape index (κ2) is 10.3. The molecule has 0 saturated carbocycles. The largest absolute Gasteiger partial charge is 0.383 e. The number of nitrogens with two attached hydrogens (primary N) is 1. The molecule has 8 heteroatoms. The van der Waals surface area contributed by atoms with Crippen molar-refractivity contribution in [3.8, 4) is 0 Å². The molecule has 0 unspecified atom stereocenters. The molecule has 1 aliphatic rings. The minimum Gasteiger partial charge on any atom is -0.383 e. The zero-order valence-corrected chi connectivity index (χ0v) is 21.0. The zero-order chi connectivity index (χ0) is 23.4. The first-order chi connectivity index (χ1) is 15.9. The molecule has 7 nitrogen and oxygen atoms in total. The highest BCUT2D eigenvalue weighted by Crippen LogP contribution is 2.35. The predicted molar refractivity (Wildman–Crippen MR) is 140 cm³/mol. The van der Waals surface area contributed by atoms with E-state index in [2.05, 4.69) is 64.6 Å². The van der Waals surface area contributed by atoms with Crippen LogP contribution in [0.2, 0.25) is 0 Å². The summed E-state index contributed by atoms with van der Waals surface area (Å²) in [7, 11) is 4.03. The molecule has 2 N–H and O–H groups in total. The lowest BCUT2D eigenvalue weighted by molar-refractivity contribution is 0.249. The maximum atomic E-state index is 6.34. The average Bonchev–Trinajstić information content (AvgIpc) is 2.83. The number of benzene rings is 1. The topological polar surface area (TPSA) is 73.9 Å². The quantitative estimate of drug-likeness (QED) is 0.401. The molecule has 0 amide bonds. The van der Waals surface area contributed by atoms with Crippen LogP contribution in [0.4, 0.5) is 17.2 Å². The van der Waals surface area contributed by atoms with Crippen LogP contribution in [0.5, 0.6) is 0 Å². The van der Waals surface area contributed by atoms with Crippen molar-refractivity contribution in [2.75, 3.05) is 50.1 Å². The highest BCUT2D eigenvalue weighted by molar-refractivity contribution is 9.10. The Kier molecular flexibility index (Phi) is 7.25. The highest BCUT2D eigenvalue weighted by atomic mass is 79.9. The predicted octanol–water partition coefficient (Wildman–Crippen LogP) is 3.97. The Bertz CT molecular complexity index is 1110. The van der Waals surface area contributed by atoms with Gasteiger partial charge in [-0.1, -0.05) is 0 Å². The SMILES string of the molecule is Cc1c(N=C(N)c2ccc(N(C)C)cc2)ncc(Br)c1N1CCN(Cc2ccncc2)CC1. The van der Waals surface area contributed by atoms with E-state index >= 15 is 0 Å². The van der Waals surface area contributed by atoms with Crippen LogP contribution < -0.4 is 15.5 Å². The Hall–Kier alpha value is -2.97. The summed E-state index contributed by atoms with van der Waals surface area (Å²) >= 11 is 3.71. The monoisotopic (exact) mass is 507 g/mol. The summed E-state index contributed by atoms with van der Waals surface area (Å²) in [5, 5.41) is 0. The van der Waals surface area contributed by atoms with Crippen molar-refractivity contribution >= 4 is 39.0 Å². The van der Waals surface area contributed by atoms with E-state index in [1.165, 1.54) is 5.56 Å². The molecule has 0 spiro atoms. The fourth-order valence-corrected chi connectivity index (χ4v) is 4.70. The Morgan fingerprint density at radius 1 is 1.06 bits per heavy atom. The lowest BCUT2D eigenvalue weighted by Crippen LogP contribution is -2.46. The van der Waals surface area contributed by atoms with Crippen molar-refractivity contribution in [1.82, 2.24) is 14.9 Å². The second-order valence-electron chi connectivity index (χ2n) is 8.46. The van der Waals surface area contributed by atoms with Gasteiger partial charge in [0.15, 0.2) is 5.82 Å². The van der Waals surface area contributed by atoms with E-state index in [9.17, 15) is 0 Å². The number of rotatable bonds is 6. The Morgan fingerprint density at radius 3 is 2.36 bits per heavy atom.